The number of rotatable bonds is 9. The van der Waals surface area contributed by atoms with Crippen LogP contribution in [0.15, 0.2) is 103 Å². The molecule has 0 unspecified atom stereocenters. The quantitative estimate of drug-likeness (QED) is 0.123. The van der Waals surface area contributed by atoms with E-state index in [0.29, 0.717) is 0 Å². The molecule has 1 fully saturated rings. The maximum absolute atomic E-state index is 6.15. The molecule has 1 aliphatic rings. The molecular weight excluding hydrogens is 574 g/mol. The fourth-order valence-corrected chi connectivity index (χ4v) is 5.17. The van der Waals surface area contributed by atoms with Crippen LogP contribution in [0.1, 0.15) is 98.4 Å². The lowest BCUT2D eigenvalue weighted by Gasteiger charge is -2.29. The van der Waals surface area contributed by atoms with Gasteiger partial charge in [0.05, 0.1) is 5.69 Å². The van der Waals surface area contributed by atoms with Gasteiger partial charge in [-0.2, -0.15) is 0 Å². The first-order valence-corrected chi connectivity index (χ1v) is 17.3. The van der Waals surface area contributed by atoms with Gasteiger partial charge in [-0.05, 0) is 110 Å². The Labute approximate surface area is 287 Å². The van der Waals surface area contributed by atoms with Crippen molar-refractivity contribution in [2.45, 2.75) is 94.5 Å². The standard InChI is InChI=1S/C23H27N3.C15H28N2.C2H6.C2H4/c1-17-9-12-26(13-10-17)16-20-15-18(8-11-25-20)14-19-6-7-23(24)22-5-3-2-4-21(19)22;1-8-13(10-17-11(2)3)14(16)9-12(4)15(5,6)7;2*1-2/h2-8,11,15,17H,9-10,12-14,16,24H2,1H3;9,17H,2,8,10,16H2,1,3-7H3;1-2H3;1-2H2/b;12-9+,14-13+;;. The monoisotopic (exact) mass is 640 g/mol. The van der Waals surface area contributed by atoms with Crippen LogP contribution in [0, 0.1) is 11.3 Å². The van der Waals surface area contributed by atoms with Crippen molar-refractivity contribution in [2.75, 3.05) is 25.4 Å². The lowest BCUT2D eigenvalue weighted by atomic mass is 9.87. The lowest BCUT2D eigenvalue weighted by molar-refractivity contribution is 0.183. The summed E-state index contributed by atoms with van der Waals surface area (Å²) in [7, 11) is 0. The van der Waals surface area contributed by atoms with Crippen LogP contribution in [0.5, 0.6) is 0 Å². The van der Waals surface area contributed by atoms with Gasteiger partial charge in [-0.15, -0.1) is 13.2 Å². The second-order valence-corrected chi connectivity index (χ2v) is 13.3. The lowest BCUT2D eigenvalue weighted by Crippen LogP contribution is -2.32. The molecule has 0 saturated carbocycles. The number of nitrogens with zero attached hydrogens (tertiary/aromatic N) is 2. The van der Waals surface area contributed by atoms with Crippen LogP contribution in [0.3, 0.4) is 0 Å². The van der Waals surface area contributed by atoms with Gasteiger partial charge in [0.2, 0.25) is 0 Å². The molecule has 47 heavy (non-hydrogen) atoms. The van der Waals surface area contributed by atoms with Crippen molar-refractivity contribution in [1.82, 2.24) is 15.2 Å². The molecule has 1 saturated heterocycles. The first-order chi connectivity index (χ1) is 22.4. The first kappa shape index (κ1) is 41.2. The van der Waals surface area contributed by atoms with Gasteiger partial charge in [0, 0.05) is 41.8 Å². The molecule has 0 amide bonds. The van der Waals surface area contributed by atoms with Gasteiger partial charge < -0.3 is 16.8 Å². The number of pyridine rings is 1. The van der Waals surface area contributed by atoms with E-state index in [4.69, 9.17) is 11.5 Å². The topological polar surface area (TPSA) is 80.2 Å². The summed E-state index contributed by atoms with van der Waals surface area (Å²) in [5.74, 6) is 0.865. The van der Waals surface area contributed by atoms with E-state index in [1.165, 1.54) is 59.3 Å². The fourth-order valence-electron chi connectivity index (χ4n) is 5.17. The van der Waals surface area contributed by atoms with Crippen LogP contribution in [0.2, 0.25) is 0 Å². The Kier molecular flexibility index (Phi) is 18.5. The van der Waals surface area contributed by atoms with E-state index in [1.54, 1.807) is 0 Å². The molecule has 3 aromatic rings. The minimum atomic E-state index is 0.172. The molecule has 0 aliphatic carbocycles. The Morgan fingerprint density at radius 1 is 1.02 bits per heavy atom. The average Bonchev–Trinajstić information content (AvgIpc) is 3.06. The highest BCUT2D eigenvalue weighted by atomic mass is 15.1. The number of nitrogen functional groups attached to an aromatic ring is 1. The van der Waals surface area contributed by atoms with Gasteiger partial charge in [0.25, 0.3) is 0 Å². The number of benzene rings is 2. The van der Waals surface area contributed by atoms with E-state index in [9.17, 15) is 0 Å². The number of aromatic nitrogens is 1. The van der Waals surface area contributed by atoms with E-state index < -0.39 is 0 Å². The van der Waals surface area contributed by atoms with Gasteiger partial charge in [-0.3, -0.25) is 9.88 Å². The third-order valence-corrected chi connectivity index (χ3v) is 8.58. The van der Waals surface area contributed by atoms with Crippen molar-refractivity contribution >= 4 is 16.5 Å². The molecule has 0 radical (unpaired) electrons. The minimum absolute atomic E-state index is 0.172. The zero-order chi connectivity index (χ0) is 35.6. The van der Waals surface area contributed by atoms with E-state index in [-0.39, 0.29) is 5.41 Å². The number of hydrogen-bond acceptors (Lipinski definition) is 5. The Hall–Kier alpha value is -3.83. The van der Waals surface area contributed by atoms with Crippen molar-refractivity contribution in [1.29, 1.82) is 0 Å². The average molecular weight is 640 g/mol. The van der Waals surface area contributed by atoms with Crippen molar-refractivity contribution in [3.63, 3.8) is 0 Å². The molecule has 0 bridgehead atoms. The molecule has 1 aromatic heterocycles. The number of piperidine rings is 1. The molecule has 5 N–H and O–H groups in total. The largest absolute Gasteiger partial charge is 0.399 e. The minimum Gasteiger partial charge on any atom is -0.399 e. The van der Waals surface area contributed by atoms with Crippen molar-refractivity contribution in [3.8, 4) is 0 Å². The zero-order valence-electron chi connectivity index (χ0n) is 31.2. The number of anilines is 1. The maximum Gasteiger partial charge on any atom is 0.0546 e. The van der Waals surface area contributed by atoms with Crippen molar-refractivity contribution in [3.05, 3.63) is 120 Å². The summed E-state index contributed by atoms with van der Waals surface area (Å²) in [5, 5.41) is 5.61. The molecule has 1 aliphatic heterocycles. The molecule has 5 nitrogen and oxygen atoms in total. The molecular formula is C42H65N5. The summed E-state index contributed by atoms with van der Waals surface area (Å²) >= 11 is 0. The van der Waals surface area contributed by atoms with Gasteiger partial charge in [-0.25, -0.2) is 0 Å². The second kappa shape index (κ2) is 21.1. The van der Waals surface area contributed by atoms with Gasteiger partial charge in [0.15, 0.2) is 0 Å². The SMILES string of the molecule is C=C.C=C(C)NC/C(CC)=C(N)\C=C(/C)C(C)(C)C.CC.CC1CCN(Cc2cc(Cc3ccc(N)c4ccccc34)ccn2)CC1. The molecule has 2 aromatic carbocycles. The third-order valence-electron chi connectivity index (χ3n) is 8.58. The highest BCUT2D eigenvalue weighted by Gasteiger charge is 2.16. The number of nitrogens with one attached hydrogen (secondary N) is 1. The normalized spacial score (nSPS) is 14.4. The van der Waals surface area contributed by atoms with Gasteiger partial charge in [-0.1, -0.05) is 91.0 Å². The van der Waals surface area contributed by atoms with Crippen molar-refractivity contribution in [2.24, 2.45) is 17.1 Å². The Morgan fingerprint density at radius 3 is 2.21 bits per heavy atom. The summed E-state index contributed by atoms with van der Waals surface area (Å²) in [6.07, 6.45) is 8.53. The smallest absolute Gasteiger partial charge is 0.0546 e. The summed E-state index contributed by atoms with van der Waals surface area (Å²) in [5.41, 5.74) is 21.5. The van der Waals surface area contributed by atoms with E-state index >= 15 is 0 Å². The predicted molar refractivity (Wildman–Crippen MR) is 209 cm³/mol. The first-order valence-electron chi connectivity index (χ1n) is 17.3. The number of fused-ring (bicyclic) bond motifs is 1. The molecule has 5 heteroatoms. The van der Waals surface area contributed by atoms with Gasteiger partial charge >= 0.3 is 0 Å². The molecule has 0 atom stereocenters. The van der Waals surface area contributed by atoms with Crippen LogP contribution in [0.4, 0.5) is 5.69 Å². The summed E-state index contributed by atoms with van der Waals surface area (Å²) < 4.78 is 0. The van der Waals surface area contributed by atoms with Crippen LogP contribution in [-0.2, 0) is 13.0 Å². The van der Waals surface area contributed by atoms with E-state index in [2.05, 4.69) is 119 Å². The highest BCUT2D eigenvalue weighted by molar-refractivity contribution is 5.95. The molecule has 258 valence electrons. The van der Waals surface area contributed by atoms with E-state index in [1.807, 2.05) is 39.1 Å². The van der Waals surface area contributed by atoms with Crippen LogP contribution >= 0.6 is 0 Å². The van der Waals surface area contributed by atoms with Crippen LogP contribution < -0.4 is 16.8 Å². The molecule has 2 heterocycles. The van der Waals surface area contributed by atoms with E-state index in [0.717, 1.165) is 54.3 Å². The fraction of sp³-hybridized carbons (Fsp3) is 0.452. The third kappa shape index (κ3) is 14.2. The summed E-state index contributed by atoms with van der Waals surface area (Å²) in [4.78, 5) is 7.14. The summed E-state index contributed by atoms with van der Waals surface area (Å²) in [6, 6.07) is 17.0. The maximum atomic E-state index is 6.15. The zero-order valence-corrected chi connectivity index (χ0v) is 31.2. The van der Waals surface area contributed by atoms with Crippen LogP contribution in [-0.4, -0.2) is 29.5 Å². The van der Waals surface area contributed by atoms with Gasteiger partial charge in [0.1, 0.15) is 0 Å². The molecule has 4 rings (SSSR count). The number of allylic oxidation sites excluding steroid dienone is 3. The Balaban J connectivity index is 0.000000460. The second-order valence-electron chi connectivity index (χ2n) is 13.3. The Bertz CT molecular complexity index is 1430. The highest BCUT2D eigenvalue weighted by Crippen LogP contribution is 2.27. The predicted octanol–water partition coefficient (Wildman–Crippen LogP) is 10.2. The molecule has 0 spiro atoms. The number of likely N-dealkylation sites (tertiary alicyclic amines) is 1. The van der Waals surface area contributed by atoms with Crippen LogP contribution in [0.25, 0.3) is 10.8 Å². The Morgan fingerprint density at radius 2 is 1.64 bits per heavy atom. The number of hydrogen-bond donors (Lipinski definition) is 3. The summed E-state index contributed by atoms with van der Waals surface area (Å²) in [6.45, 7) is 33.1. The number of nitrogens with two attached hydrogens (primary N) is 2. The van der Waals surface area contributed by atoms with Crippen molar-refractivity contribution < 1.29 is 0 Å².